The molecule has 3 saturated carbocycles. The molecule has 0 aromatic rings. The molecule has 0 aliphatic heterocycles. The molecule has 28 heavy (non-hydrogen) atoms. The van der Waals surface area contributed by atoms with Crippen LogP contribution in [0.2, 0.25) is 0 Å². The summed E-state index contributed by atoms with van der Waals surface area (Å²) in [6.45, 7) is 4.22. The summed E-state index contributed by atoms with van der Waals surface area (Å²) in [7, 11) is -4.27. The number of ketones is 1. The van der Waals surface area contributed by atoms with E-state index in [1.807, 2.05) is 0 Å². The van der Waals surface area contributed by atoms with Crippen molar-refractivity contribution in [3.63, 3.8) is 0 Å². The van der Waals surface area contributed by atoms with Crippen LogP contribution in [0, 0.1) is 40.9 Å². The summed E-state index contributed by atoms with van der Waals surface area (Å²) in [5.74, 6) is 2.69. The van der Waals surface area contributed by atoms with Crippen molar-refractivity contribution in [2.24, 2.45) is 28.6 Å². The molecule has 0 unspecified atom stereocenters. The Morgan fingerprint density at radius 3 is 2.54 bits per heavy atom. The molecule has 0 heterocycles. The molecule has 5 nitrogen and oxygen atoms in total. The third-order valence-corrected chi connectivity index (χ3v) is 9.15. The molecule has 6 atom stereocenters. The Kier molecular flexibility index (Phi) is 4.29. The van der Waals surface area contributed by atoms with Crippen molar-refractivity contribution in [2.45, 2.75) is 58.0 Å². The number of hydrogen-bond donors (Lipinski definition) is 2. The molecule has 3 fully saturated rings. The van der Waals surface area contributed by atoms with E-state index in [9.17, 15) is 22.9 Å². The van der Waals surface area contributed by atoms with Crippen LogP contribution in [0.15, 0.2) is 23.3 Å². The van der Waals surface area contributed by atoms with Crippen LogP contribution < -0.4 is 0 Å². The number of carbonyl (C=O) groups is 1. The monoisotopic (exact) mass is 404 g/mol. The van der Waals surface area contributed by atoms with Gasteiger partial charge in [-0.3, -0.25) is 9.35 Å². The van der Waals surface area contributed by atoms with Gasteiger partial charge < -0.3 is 5.11 Å². The van der Waals surface area contributed by atoms with Gasteiger partial charge in [0.15, 0.2) is 5.78 Å². The Labute approximate surface area is 167 Å². The van der Waals surface area contributed by atoms with Crippen molar-refractivity contribution in [1.29, 1.82) is 0 Å². The first-order valence-electron chi connectivity index (χ1n) is 10.1. The fraction of sp³-hybridized carbons (Fsp3) is 0.682. The maximum Gasteiger partial charge on any atom is 0.269 e. The smallest absolute Gasteiger partial charge is 0.269 e. The van der Waals surface area contributed by atoms with Crippen LogP contribution in [-0.4, -0.2) is 35.2 Å². The molecule has 4 aliphatic rings. The Balaban J connectivity index is 1.72. The van der Waals surface area contributed by atoms with E-state index in [0.717, 1.165) is 37.7 Å². The van der Waals surface area contributed by atoms with E-state index < -0.39 is 26.9 Å². The highest BCUT2D eigenvalue weighted by Crippen LogP contribution is 2.66. The largest absolute Gasteiger partial charge is 0.377 e. The third kappa shape index (κ3) is 2.67. The predicted octanol–water partition coefficient (Wildman–Crippen LogP) is 2.92. The summed E-state index contributed by atoms with van der Waals surface area (Å²) in [5.41, 5.74) is -0.532. The summed E-state index contributed by atoms with van der Waals surface area (Å²) in [4.78, 5) is 12.4. The van der Waals surface area contributed by atoms with Crippen molar-refractivity contribution in [3.8, 4) is 12.3 Å². The first-order valence-corrected chi connectivity index (χ1v) is 11.7. The number of allylic oxidation sites excluding steroid dienone is 3. The van der Waals surface area contributed by atoms with Crippen molar-refractivity contribution in [2.75, 3.05) is 5.75 Å². The van der Waals surface area contributed by atoms with Gasteiger partial charge in [-0.25, -0.2) is 0 Å². The Morgan fingerprint density at radius 2 is 1.89 bits per heavy atom. The zero-order valence-electron chi connectivity index (χ0n) is 16.4. The number of aliphatic hydroxyl groups is 1. The van der Waals surface area contributed by atoms with Gasteiger partial charge in [-0.05, 0) is 62.4 Å². The highest BCUT2D eigenvalue weighted by Gasteiger charge is 2.63. The SMILES string of the molecule is C#C[C@@]1(O)CC[C@H]2[C@@H]3CCC4=CC(=O)C(CS(=O)(=O)O)=C[C@]4(C)[C@H]3CC[C@@]21C. The van der Waals surface area contributed by atoms with Gasteiger partial charge in [-0.2, -0.15) is 8.42 Å². The number of terminal acetylenes is 1. The minimum atomic E-state index is -4.27. The molecular formula is C22H28O5S. The second kappa shape index (κ2) is 6.04. The maximum atomic E-state index is 12.4. The second-order valence-electron chi connectivity index (χ2n) is 9.63. The van der Waals surface area contributed by atoms with Gasteiger partial charge in [0.1, 0.15) is 11.4 Å². The minimum absolute atomic E-state index is 0.161. The van der Waals surface area contributed by atoms with Crippen molar-refractivity contribution >= 4 is 15.9 Å². The quantitative estimate of drug-likeness (QED) is 0.545. The van der Waals surface area contributed by atoms with E-state index in [1.54, 1.807) is 12.2 Å². The molecule has 2 N–H and O–H groups in total. The van der Waals surface area contributed by atoms with Gasteiger partial charge >= 0.3 is 0 Å². The van der Waals surface area contributed by atoms with Crippen LogP contribution in [-0.2, 0) is 14.9 Å². The minimum Gasteiger partial charge on any atom is -0.377 e. The molecule has 0 spiro atoms. The van der Waals surface area contributed by atoms with Gasteiger partial charge in [0.25, 0.3) is 10.1 Å². The van der Waals surface area contributed by atoms with E-state index >= 15 is 0 Å². The first kappa shape index (κ1) is 19.9. The normalized spacial score (nSPS) is 45.2. The zero-order valence-corrected chi connectivity index (χ0v) is 17.3. The predicted molar refractivity (Wildman–Crippen MR) is 106 cm³/mol. The maximum absolute atomic E-state index is 12.4. The van der Waals surface area contributed by atoms with Crippen LogP contribution in [0.3, 0.4) is 0 Å². The number of carbonyl (C=O) groups excluding carboxylic acids is 1. The van der Waals surface area contributed by atoms with Gasteiger partial charge in [0, 0.05) is 16.4 Å². The Bertz CT molecular complexity index is 938. The van der Waals surface area contributed by atoms with E-state index in [0.29, 0.717) is 18.3 Å². The molecule has 4 rings (SSSR count). The molecular weight excluding hydrogens is 376 g/mol. The number of rotatable bonds is 2. The van der Waals surface area contributed by atoms with Crippen LogP contribution >= 0.6 is 0 Å². The molecule has 4 aliphatic carbocycles. The lowest BCUT2D eigenvalue weighted by molar-refractivity contribution is -0.112. The lowest BCUT2D eigenvalue weighted by atomic mass is 9.47. The average Bonchev–Trinajstić information content (AvgIpc) is 2.87. The summed E-state index contributed by atoms with van der Waals surface area (Å²) in [6, 6.07) is 0. The van der Waals surface area contributed by atoms with Gasteiger partial charge in [0.05, 0.1) is 0 Å². The third-order valence-electron chi connectivity index (χ3n) is 8.47. The van der Waals surface area contributed by atoms with Crippen LogP contribution in [0.25, 0.3) is 0 Å². The standard InChI is InChI=1S/C22H28O5S/c1-4-22(24)10-8-18-16-6-5-15-11-19(23)14(13-28(25,26)27)12-20(15,2)17(16)7-9-21(18,22)3/h1,11-12,16-18,24H,5-10,13H2,2-3H3,(H,25,26,27)/t16-,17+,18+,20+,21+,22-/m1/s1. The Hall–Kier alpha value is -1.42. The highest BCUT2D eigenvalue weighted by molar-refractivity contribution is 7.86. The second-order valence-corrected chi connectivity index (χ2v) is 11.1. The molecule has 152 valence electrons. The van der Waals surface area contributed by atoms with E-state index in [1.165, 1.54) is 0 Å². The van der Waals surface area contributed by atoms with Crippen molar-refractivity contribution < 1.29 is 22.9 Å². The lowest BCUT2D eigenvalue weighted by Crippen LogP contribution is -2.54. The molecule has 6 heteroatoms. The van der Waals surface area contributed by atoms with Crippen LogP contribution in [0.5, 0.6) is 0 Å². The fourth-order valence-corrected chi connectivity index (χ4v) is 7.56. The average molecular weight is 405 g/mol. The molecule has 0 bridgehead atoms. The van der Waals surface area contributed by atoms with Crippen LogP contribution in [0.4, 0.5) is 0 Å². The molecule has 0 radical (unpaired) electrons. The highest BCUT2D eigenvalue weighted by atomic mass is 32.2. The molecule has 0 aromatic heterocycles. The summed E-state index contributed by atoms with van der Waals surface area (Å²) in [5, 5.41) is 11.0. The van der Waals surface area contributed by atoms with E-state index in [-0.39, 0.29) is 22.7 Å². The molecule has 0 saturated heterocycles. The van der Waals surface area contributed by atoms with Crippen molar-refractivity contribution in [3.05, 3.63) is 23.3 Å². The van der Waals surface area contributed by atoms with Gasteiger partial charge in [0.2, 0.25) is 0 Å². The van der Waals surface area contributed by atoms with Crippen LogP contribution in [0.1, 0.15) is 52.4 Å². The first-order chi connectivity index (χ1) is 12.9. The summed E-state index contributed by atoms with van der Waals surface area (Å²) < 4.78 is 32.0. The number of hydrogen-bond acceptors (Lipinski definition) is 4. The fourth-order valence-electron chi connectivity index (χ4n) is 6.94. The van der Waals surface area contributed by atoms with E-state index in [4.69, 9.17) is 6.42 Å². The van der Waals surface area contributed by atoms with Gasteiger partial charge in [-0.1, -0.05) is 31.4 Å². The van der Waals surface area contributed by atoms with Crippen molar-refractivity contribution in [1.82, 2.24) is 0 Å². The Morgan fingerprint density at radius 1 is 1.21 bits per heavy atom. The zero-order chi connectivity index (χ0) is 20.5. The van der Waals surface area contributed by atoms with E-state index in [2.05, 4.69) is 19.8 Å². The molecule has 0 aromatic carbocycles. The van der Waals surface area contributed by atoms with Gasteiger partial charge in [-0.15, -0.1) is 6.42 Å². The number of fused-ring (bicyclic) bond motifs is 5. The summed E-state index contributed by atoms with van der Waals surface area (Å²) in [6.07, 6.45) is 14.1. The lowest BCUT2D eigenvalue weighted by Gasteiger charge is -2.57. The summed E-state index contributed by atoms with van der Waals surface area (Å²) >= 11 is 0. The molecule has 0 amide bonds. The topological polar surface area (TPSA) is 91.7 Å².